The Bertz CT molecular complexity index is 1400. The van der Waals surface area contributed by atoms with E-state index in [1.165, 1.54) is 5.69 Å². The van der Waals surface area contributed by atoms with Crippen LogP contribution in [-0.4, -0.2) is 41.0 Å². The first-order chi connectivity index (χ1) is 18.1. The third-order valence-electron chi connectivity index (χ3n) is 7.11. The number of aromatic nitrogens is 2. The van der Waals surface area contributed by atoms with Gasteiger partial charge in [0.2, 0.25) is 0 Å². The molecule has 2 aliphatic heterocycles. The molecule has 6 rings (SSSR count). The normalized spacial score (nSPS) is 19.8. The Morgan fingerprint density at radius 1 is 0.946 bits per heavy atom. The molecule has 0 aliphatic carbocycles. The fourth-order valence-corrected chi connectivity index (χ4v) is 5.69. The molecule has 2 aromatic heterocycles. The molecular formula is C29H28ClN5OS. The molecule has 6 nitrogen and oxygen atoms in total. The van der Waals surface area contributed by atoms with Crippen LogP contribution in [0.2, 0.25) is 5.02 Å². The predicted molar refractivity (Wildman–Crippen MR) is 153 cm³/mol. The van der Waals surface area contributed by atoms with Crippen molar-refractivity contribution in [3.8, 4) is 5.69 Å². The summed E-state index contributed by atoms with van der Waals surface area (Å²) in [5.74, 6) is 0. The number of pyridine rings is 1. The highest BCUT2D eigenvalue weighted by molar-refractivity contribution is 7.80. The van der Waals surface area contributed by atoms with Crippen molar-refractivity contribution in [3.63, 3.8) is 0 Å². The molecule has 2 atom stereocenters. The van der Waals surface area contributed by atoms with Crippen LogP contribution in [0.1, 0.15) is 29.0 Å². The number of nitrogens with zero attached hydrogens (tertiary/aromatic N) is 4. The topological polar surface area (TPSA) is 45.6 Å². The molecular weight excluding hydrogens is 502 g/mol. The number of morpholine rings is 1. The lowest BCUT2D eigenvalue weighted by molar-refractivity contribution is 0.122. The Balaban J connectivity index is 1.42. The Morgan fingerprint density at radius 3 is 2.43 bits per heavy atom. The number of rotatable bonds is 5. The van der Waals surface area contributed by atoms with Crippen LogP contribution in [0.5, 0.6) is 0 Å². The molecule has 8 heteroatoms. The third kappa shape index (κ3) is 4.59. The Morgan fingerprint density at radius 2 is 1.70 bits per heavy atom. The van der Waals surface area contributed by atoms with E-state index < -0.39 is 0 Å². The van der Waals surface area contributed by atoms with Crippen molar-refractivity contribution < 1.29 is 4.74 Å². The van der Waals surface area contributed by atoms with E-state index in [1.54, 1.807) is 0 Å². The van der Waals surface area contributed by atoms with Crippen molar-refractivity contribution >= 4 is 40.3 Å². The maximum absolute atomic E-state index is 6.34. The fourth-order valence-electron chi connectivity index (χ4n) is 5.23. The van der Waals surface area contributed by atoms with E-state index in [4.69, 9.17) is 33.5 Å². The largest absolute Gasteiger partial charge is 0.378 e. The van der Waals surface area contributed by atoms with Gasteiger partial charge in [-0.15, -0.1) is 0 Å². The van der Waals surface area contributed by atoms with Crippen LogP contribution in [0.3, 0.4) is 0 Å². The second-order valence-electron chi connectivity index (χ2n) is 9.35. The minimum atomic E-state index is -0.116. The van der Waals surface area contributed by atoms with Crippen LogP contribution >= 0.6 is 23.8 Å². The van der Waals surface area contributed by atoms with Crippen molar-refractivity contribution in [3.05, 3.63) is 107 Å². The van der Waals surface area contributed by atoms with E-state index in [0.29, 0.717) is 5.11 Å². The number of ether oxygens (including phenoxy) is 1. The van der Waals surface area contributed by atoms with Crippen LogP contribution in [0.4, 0.5) is 11.4 Å². The summed E-state index contributed by atoms with van der Waals surface area (Å²) in [5, 5.41) is 5.01. The lowest BCUT2D eigenvalue weighted by Crippen LogP contribution is -2.36. The standard InChI is InChI=1S/C29H28ClN5OS/c1-20-19-23(11-12-24(20)30)34-14-4-6-26(34)28-27(25-5-2-3-13-31-25)32-29(37)35(28)22-9-7-21(8-10-22)33-15-17-36-18-16-33/h2-14,19,27-28H,15-18H2,1H3,(H,32,37)/t27-,28+/m0/s1. The molecule has 0 unspecified atom stereocenters. The number of anilines is 2. The van der Waals surface area contributed by atoms with Gasteiger partial charge in [-0.25, -0.2) is 0 Å². The highest BCUT2D eigenvalue weighted by Gasteiger charge is 2.42. The first kappa shape index (κ1) is 24.0. The molecule has 37 heavy (non-hydrogen) atoms. The molecule has 0 amide bonds. The summed E-state index contributed by atoms with van der Waals surface area (Å²) in [6.07, 6.45) is 3.92. The molecule has 4 heterocycles. The molecule has 2 aliphatic rings. The van der Waals surface area contributed by atoms with Gasteiger partial charge < -0.3 is 24.4 Å². The van der Waals surface area contributed by atoms with Crippen LogP contribution in [-0.2, 0) is 4.74 Å². The Kier molecular flexibility index (Phi) is 6.59. The first-order valence-electron chi connectivity index (χ1n) is 12.5. The summed E-state index contributed by atoms with van der Waals surface area (Å²) in [5.41, 5.74) is 6.39. The average Bonchev–Trinajstić information content (AvgIpc) is 3.56. The minimum Gasteiger partial charge on any atom is -0.378 e. The second kappa shape index (κ2) is 10.2. The summed E-state index contributed by atoms with van der Waals surface area (Å²) >= 11 is 12.3. The molecule has 4 aromatic rings. The monoisotopic (exact) mass is 529 g/mol. The highest BCUT2D eigenvalue weighted by Crippen LogP contribution is 2.42. The maximum atomic E-state index is 6.34. The summed E-state index contributed by atoms with van der Waals surface area (Å²) in [6, 6.07) is 24.8. The van der Waals surface area contributed by atoms with Gasteiger partial charge in [0.15, 0.2) is 5.11 Å². The van der Waals surface area contributed by atoms with Gasteiger partial charge in [0, 0.05) is 53.3 Å². The minimum absolute atomic E-state index is 0.109. The smallest absolute Gasteiger partial charge is 0.174 e. The molecule has 2 fully saturated rings. The van der Waals surface area contributed by atoms with E-state index in [9.17, 15) is 0 Å². The average molecular weight is 530 g/mol. The van der Waals surface area contributed by atoms with Crippen LogP contribution in [0.25, 0.3) is 5.69 Å². The molecule has 0 spiro atoms. The number of nitrogens with one attached hydrogen (secondary N) is 1. The van der Waals surface area contributed by atoms with Crippen LogP contribution < -0.4 is 15.1 Å². The lowest BCUT2D eigenvalue weighted by Gasteiger charge is -2.31. The number of thiocarbonyl (C=S) groups is 1. The van der Waals surface area contributed by atoms with E-state index in [0.717, 1.165) is 59.7 Å². The molecule has 0 radical (unpaired) electrons. The van der Waals surface area contributed by atoms with Gasteiger partial charge in [-0.1, -0.05) is 17.7 Å². The number of hydrogen-bond acceptors (Lipinski definition) is 4. The lowest BCUT2D eigenvalue weighted by atomic mass is 10.0. The molecule has 0 bridgehead atoms. The van der Waals surface area contributed by atoms with Gasteiger partial charge >= 0.3 is 0 Å². The zero-order valence-electron chi connectivity index (χ0n) is 20.5. The number of benzene rings is 2. The molecule has 2 aromatic carbocycles. The Labute approximate surface area is 227 Å². The third-order valence-corrected chi connectivity index (χ3v) is 7.84. The van der Waals surface area contributed by atoms with Gasteiger partial charge in [-0.3, -0.25) is 4.98 Å². The van der Waals surface area contributed by atoms with Crippen molar-refractivity contribution in [2.24, 2.45) is 0 Å². The van der Waals surface area contributed by atoms with Gasteiger partial charge in [0.1, 0.15) is 6.04 Å². The first-order valence-corrected chi connectivity index (χ1v) is 13.3. The quantitative estimate of drug-likeness (QED) is 0.327. The van der Waals surface area contributed by atoms with Gasteiger partial charge in [0.25, 0.3) is 0 Å². The number of aryl methyl sites for hydroxylation is 1. The fraction of sp³-hybridized carbons (Fsp3) is 0.241. The Hall–Kier alpha value is -3.39. The van der Waals surface area contributed by atoms with Crippen molar-refractivity contribution in [2.75, 3.05) is 36.1 Å². The van der Waals surface area contributed by atoms with E-state index in [1.807, 2.05) is 31.3 Å². The van der Waals surface area contributed by atoms with E-state index >= 15 is 0 Å². The summed E-state index contributed by atoms with van der Waals surface area (Å²) < 4.78 is 7.74. The molecule has 1 N–H and O–H groups in total. The zero-order chi connectivity index (χ0) is 25.4. The molecule has 0 saturated carbocycles. The molecule has 188 valence electrons. The van der Waals surface area contributed by atoms with Gasteiger partial charge in [-0.05, 0) is 91.4 Å². The number of hydrogen-bond donors (Lipinski definition) is 1. The van der Waals surface area contributed by atoms with Crippen LogP contribution in [0.15, 0.2) is 85.2 Å². The number of halogens is 1. The van der Waals surface area contributed by atoms with Crippen molar-refractivity contribution in [1.29, 1.82) is 0 Å². The van der Waals surface area contributed by atoms with E-state index in [2.05, 4.69) is 80.5 Å². The SMILES string of the molecule is Cc1cc(-n2cccc2[C@@H]2[C@H](c3ccccn3)NC(=S)N2c2ccc(N3CCOCC3)cc2)ccc1Cl. The van der Waals surface area contributed by atoms with E-state index in [-0.39, 0.29) is 12.1 Å². The van der Waals surface area contributed by atoms with Crippen LogP contribution in [0, 0.1) is 6.92 Å². The van der Waals surface area contributed by atoms with Gasteiger partial charge in [0.05, 0.1) is 24.9 Å². The van der Waals surface area contributed by atoms with Gasteiger partial charge in [-0.2, -0.15) is 0 Å². The van der Waals surface area contributed by atoms with Crippen molar-refractivity contribution in [1.82, 2.24) is 14.9 Å². The maximum Gasteiger partial charge on any atom is 0.174 e. The summed E-state index contributed by atoms with van der Waals surface area (Å²) in [7, 11) is 0. The molecule has 2 saturated heterocycles. The zero-order valence-corrected chi connectivity index (χ0v) is 22.1. The summed E-state index contributed by atoms with van der Waals surface area (Å²) in [6.45, 7) is 5.36. The predicted octanol–water partition coefficient (Wildman–Crippen LogP) is 5.85. The van der Waals surface area contributed by atoms with Crippen molar-refractivity contribution in [2.45, 2.75) is 19.0 Å². The summed E-state index contributed by atoms with van der Waals surface area (Å²) in [4.78, 5) is 9.26. The highest BCUT2D eigenvalue weighted by atomic mass is 35.5. The second-order valence-corrected chi connectivity index (χ2v) is 10.1.